The number of nitrogens with zero attached hydrogens (tertiary/aromatic N) is 2. The minimum Gasteiger partial charge on any atom is -0.399 e. The predicted molar refractivity (Wildman–Crippen MR) is 114 cm³/mol. The number of piperidine rings is 1. The minimum absolute atomic E-state index is 0.0908. The number of rotatable bonds is 5. The van der Waals surface area contributed by atoms with E-state index in [4.69, 9.17) is 5.73 Å². The van der Waals surface area contributed by atoms with E-state index in [1.807, 2.05) is 42.5 Å². The monoisotopic (exact) mass is 391 g/mol. The highest BCUT2D eigenvalue weighted by molar-refractivity contribution is 6.10. The third-order valence-electron chi connectivity index (χ3n) is 6.31. The molecule has 0 radical (unpaired) electrons. The Morgan fingerprint density at radius 3 is 2.00 bits per heavy atom. The van der Waals surface area contributed by atoms with Gasteiger partial charge in [0.2, 0.25) is 11.8 Å². The molecule has 2 aromatic rings. The van der Waals surface area contributed by atoms with Gasteiger partial charge in [-0.15, -0.1) is 0 Å². The first kappa shape index (κ1) is 19.6. The number of nitrogen functional groups attached to an aromatic ring is 1. The van der Waals surface area contributed by atoms with Gasteiger partial charge in [0.25, 0.3) is 0 Å². The van der Waals surface area contributed by atoms with Crippen molar-refractivity contribution < 1.29 is 9.59 Å². The Morgan fingerprint density at radius 1 is 0.862 bits per heavy atom. The summed E-state index contributed by atoms with van der Waals surface area (Å²) in [6.07, 6.45) is 3.64. The summed E-state index contributed by atoms with van der Waals surface area (Å²) in [5, 5.41) is 0. The molecule has 0 aromatic heterocycles. The summed E-state index contributed by atoms with van der Waals surface area (Å²) in [7, 11) is 0. The van der Waals surface area contributed by atoms with Gasteiger partial charge in [0.1, 0.15) is 0 Å². The zero-order valence-corrected chi connectivity index (χ0v) is 17.0. The molecule has 2 saturated heterocycles. The zero-order chi connectivity index (χ0) is 20.4. The standard InChI is InChI=1S/C24H29N3O2/c1-17(26-14-6-3-7-15-26)16-27-23(28)21(18-8-4-2-5-9-18)22(24(27)29)19-10-12-20(25)13-11-19/h2,4-5,8-13,17,21-22H,3,6-7,14-16,25H2,1H3/t17?,21-,22+/m0/s1. The maximum Gasteiger partial charge on any atom is 0.237 e. The molecular formula is C24H29N3O2. The fourth-order valence-electron chi connectivity index (χ4n) is 4.68. The van der Waals surface area contributed by atoms with Gasteiger partial charge in [-0.1, -0.05) is 48.9 Å². The Morgan fingerprint density at radius 2 is 1.41 bits per heavy atom. The molecule has 2 heterocycles. The molecule has 0 bridgehead atoms. The molecule has 5 nitrogen and oxygen atoms in total. The predicted octanol–water partition coefficient (Wildman–Crippen LogP) is 3.38. The van der Waals surface area contributed by atoms with E-state index in [0.29, 0.717) is 12.2 Å². The number of carbonyl (C=O) groups is 2. The number of hydrogen-bond acceptors (Lipinski definition) is 4. The number of carbonyl (C=O) groups excluding carboxylic acids is 2. The second kappa shape index (κ2) is 8.37. The molecule has 0 aliphatic carbocycles. The van der Waals surface area contributed by atoms with Crippen LogP contribution in [0.2, 0.25) is 0 Å². The molecule has 2 aromatic carbocycles. The Kier molecular flexibility index (Phi) is 5.67. The molecule has 2 N–H and O–H groups in total. The van der Waals surface area contributed by atoms with Crippen molar-refractivity contribution in [1.82, 2.24) is 9.80 Å². The quantitative estimate of drug-likeness (QED) is 0.627. The zero-order valence-electron chi connectivity index (χ0n) is 17.0. The molecule has 4 rings (SSSR count). The summed E-state index contributed by atoms with van der Waals surface area (Å²) >= 11 is 0. The molecular weight excluding hydrogens is 362 g/mol. The molecule has 2 aliphatic rings. The second-order valence-electron chi connectivity index (χ2n) is 8.27. The van der Waals surface area contributed by atoms with E-state index in [2.05, 4.69) is 11.8 Å². The second-order valence-corrected chi connectivity index (χ2v) is 8.27. The molecule has 2 fully saturated rings. The van der Waals surface area contributed by atoms with Crippen LogP contribution in [0, 0.1) is 0 Å². The smallest absolute Gasteiger partial charge is 0.237 e. The maximum absolute atomic E-state index is 13.5. The molecule has 1 unspecified atom stereocenters. The number of likely N-dealkylation sites (tertiary alicyclic amines) is 2. The average Bonchev–Trinajstić information content (AvgIpc) is 3.00. The first-order chi connectivity index (χ1) is 14.1. The number of benzene rings is 2. The normalized spacial score (nSPS) is 24.1. The summed E-state index contributed by atoms with van der Waals surface area (Å²) in [4.78, 5) is 30.8. The summed E-state index contributed by atoms with van der Waals surface area (Å²) in [5.41, 5.74) is 8.23. The van der Waals surface area contributed by atoms with Crippen LogP contribution in [-0.2, 0) is 9.59 Å². The molecule has 5 heteroatoms. The molecule has 2 amide bonds. The molecule has 29 heavy (non-hydrogen) atoms. The van der Waals surface area contributed by atoms with E-state index in [9.17, 15) is 9.59 Å². The van der Waals surface area contributed by atoms with Crippen molar-refractivity contribution in [3.05, 3.63) is 65.7 Å². The van der Waals surface area contributed by atoms with Crippen LogP contribution in [0.25, 0.3) is 0 Å². The molecule has 152 valence electrons. The third-order valence-corrected chi connectivity index (χ3v) is 6.31. The maximum atomic E-state index is 13.5. The van der Waals surface area contributed by atoms with Crippen LogP contribution >= 0.6 is 0 Å². The topological polar surface area (TPSA) is 66.6 Å². The van der Waals surface area contributed by atoms with E-state index in [0.717, 1.165) is 24.2 Å². The SMILES string of the molecule is CC(CN1C(=O)[C@H](c2ccc(N)cc2)[C@H](c2ccccc2)C1=O)N1CCCCC1. The van der Waals surface area contributed by atoms with E-state index in [-0.39, 0.29) is 17.9 Å². The van der Waals surface area contributed by atoms with Crippen LogP contribution in [-0.4, -0.2) is 47.3 Å². The molecule has 0 saturated carbocycles. The summed E-state index contributed by atoms with van der Waals surface area (Å²) in [5.74, 6) is -1.18. The third kappa shape index (κ3) is 3.92. The summed E-state index contributed by atoms with van der Waals surface area (Å²) < 4.78 is 0. The lowest BCUT2D eigenvalue weighted by molar-refractivity contribution is -0.140. The van der Waals surface area contributed by atoms with Crippen molar-refractivity contribution in [2.45, 2.75) is 44.1 Å². The highest BCUT2D eigenvalue weighted by atomic mass is 16.2. The first-order valence-corrected chi connectivity index (χ1v) is 10.6. The van der Waals surface area contributed by atoms with Crippen molar-refractivity contribution in [3.8, 4) is 0 Å². The average molecular weight is 392 g/mol. The summed E-state index contributed by atoms with van der Waals surface area (Å²) in [6, 6.07) is 17.2. The van der Waals surface area contributed by atoms with Crippen LogP contribution in [0.15, 0.2) is 54.6 Å². The van der Waals surface area contributed by atoms with Gasteiger partial charge in [0, 0.05) is 18.3 Å². The number of nitrogens with two attached hydrogens (primary N) is 1. The van der Waals surface area contributed by atoms with E-state index < -0.39 is 11.8 Å². The highest BCUT2D eigenvalue weighted by Gasteiger charge is 2.49. The van der Waals surface area contributed by atoms with Gasteiger partial charge in [-0.05, 0) is 56.1 Å². The Bertz CT molecular complexity index is 859. The van der Waals surface area contributed by atoms with Crippen molar-refractivity contribution in [2.24, 2.45) is 0 Å². The number of imide groups is 1. The molecule has 2 aliphatic heterocycles. The van der Waals surface area contributed by atoms with Gasteiger partial charge in [-0.25, -0.2) is 0 Å². The number of hydrogen-bond donors (Lipinski definition) is 1. The van der Waals surface area contributed by atoms with Gasteiger partial charge >= 0.3 is 0 Å². The van der Waals surface area contributed by atoms with E-state index >= 15 is 0 Å². The fraction of sp³-hybridized carbons (Fsp3) is 0.417. The van der Waals surface area contributed by atoms with E-state index in [1.165, 1.54) is 24.2 Å². The largest absolute Gasteiger partial charge is 0.399 e. The van der Waals surface area contributed by atoms with Gasteiger partial charge in [0.05, 0.1) is 11.8 Å². The van der Waals surface area contributed by atoms with Crippen molar-refractivity contribution in [2.75, 3.05) is 25.4 Å². The fourth-order valence-corrected chi connectivity index (χ4v) is 4.68. The Balaban J connectivity index is 1.64. The summed E-state index contributed by atoms with van der Waals surface area (Å²) in [6.45, 7) is 4.66. The number of amides is 2. The molecule has 0 spiro atoms. The van der Waals surface area contributed by atoms with Crippen LogP contribution < -0.4 is 5.73 Å². The lowest BCUT2D eigenvalue weighted by Crippen LogP contribution is -2.46. The van der Waals surface area contributed by atoms with Crippen molar-refractivity contribution in [3.63, 3.8) is 0 Å². The van der Waals surface area contributed by atoms with Gasteiger partial charge in [-0.2, -0.15) is 0 Å². The highest BCUT2D eigenvalue weighted by Crippen LogP contribution is 2.42. The van der Waals surface area contributed by atoms with Crippen molar-refractivity contribution >= 4 is 17.5 Å². The van der Waals surface area contributed by atoms with Crippen LogP contribution in [0.1, 0.15) is 49.1 Å². The number of anilines is 1. The van der Waals surface area contributed by atoms with Crippen LogP contribution in [0.3, 0.4) is 0 Å². The van der Waals surface area contributed by atoms with Crippen LogP contribution in [0.5, 0.6) is 0 Å². The van der Waals surface area contributed by atoms with Crippen molar-refractivity contribution in [1.29, 1.82) is 0 Å². The lowest BCUT2D eigenvalue weighted by Gasteiger charge is -2.34. The van der Waals surface area contributed by atoms with E-state index in [1.54, 1.807) is 12.1 Å². The van der Waals surface area contributed by atoms with Gasteiger partial charge in [0.15, 0.2) is 0 Å². The van der Waals surface area contributed by atoms with Gasteiger partial charge < -0.3 is 5.73 Å². The molecule has 3 atom stereocenters. The van der Waals surface area contributed by atoms with Crippen LogP contribution in [0.4, 0.5) is 5.69 Å². The van der Waals surface area contributed by atoms with Gasteiger partial charge in [-0.3, -0.25) is 19.4 Å². The first-order valence-electron chi connectivity index (χ1n) is 10.6. The Hall–Kier alpha value is -2.66. The Labute approximate surface area is 172 Å². The minimum atomic E-state index is -0.501. The lowest BCUT2D eigenvalue weighted by atomic mass is 9.83.